The summed E-state index contributed by atoms with van der Waals surface area (Å²) in [4.78, 5) is 19.2. The van der Waals surface area contributed by atoms with Crippen LogP contribution in [0.2, 0.25) is 0 Å². The molecule has 26 heavy (non-hydrogen) atoms. The molecule has 0 amide bonds. The van der Waals surface area contributed by atoms with Crippen LogP contribution in [0.4, 0.5) is 5.69 Å². The van der Waals surface area contributed by atoms with Crippen molar-refractivity contribution in [2.75, 3.05) is 31.2 Å². The first-order valence-electron chi connectivity index (χ1n) is 8.71. The molecule has 0 bridgehead atoms. The van der Waals surface area contributed by atoms with Gasteiger partial charge in [-0.15, -0.1) is 0 Å². The molecular weight excluding hydrogens is 328 g/mol. The Morgan fingerprint density at radius 1 is 1.12 bits per heavy atom. The SMILES string of the molecule is Cc1ccc2nc(-c3ccccc3)c(N3CCOCC3)c(C(=O)O)c2c1. The fraction of sp³-hybridized carbons (Fsp3) is 0.238. The van der Waals surface area contributed by atoms with E-state index in [1.165, 1.54) is 0 Å². The summed E-state index contributed by atoms with van der Waals surface area (Å²) < 4.78 is 5.46. The van der Waals surface area contributed by atoms with Gasteiger partial charge in [-0.2, -0.15) is 0 Å². The fourth-order valence-electron chi connectivity index (χ4n) is 3.48. The average Bonchev–Trinajstić information content (AvgIpc) is 2.67. The zero-order chi connectivity index (χ0) is 18.1. The molecule has 1 N–H and O–H groups in total. The van der Waals surface area contributed by atoms with Crippen LogP contribution < -0.4 is 4.90 Å². The number of carboxylic acids is 1. The number of pyridine rings is 1. The van der Waals surface area contributed by atoms with Gasteiger partial charge in [0.25, 0.3) is 0 Å². The third-order valence-corrected chi connectivity index (χ3v) is 4.70. The molecule has 1 aliphatic rings. The Balaban J connectivity index is 2.07. The summed E-state index contributed by atoms with van der Waals surface area (Å²) in [7, 11) is 0. The highest BCUT2D eigenvalue weighted by Crippen LogP contribution is 2.37. The number of rotatable bonds is 3. The second-order valence-corrected chi connectivity index (χ2v) is 6.48. The minimum Gasteiger partial charge on any atom is -0.478 e. The largest absolute Gasteiger partial charge is 0.478 e. The van der Waals surface area contributed by atoms with Crippen LogP contribution in [-0.4, -0.2) is 42.4 Å². The van der Waals surface area contributed by atoms with E-state index in [0.29, 0.717) is 54.2 Å². The van der Waals surface area contributed by atoms with Gasteiger partial charge in [0, 0.05) is 24.0 Å². The number of fused-ring (bicyclic) bond motifs is 1. The summed E-state index contributed by atoms with van der Waals surface area (Å²) in [6.45, 7) is 4.43. The Labute approximate surface area is 151 Å². The maximum Gasteiger partial charge on any atom is 0.338 e. The van der Waals surface area contributed by atoms with E-state index in [-0.39, 0.29) is 0 Å². The molecule has 4 rings (SSSR count). The van der Waals surface area contributed by atoms with Gasteiger partial charge in [0.05, 0.1) is 35.7 Å². The predicted molar refractivity (Wildman–Crippen MR) is 102 cm³/mol. The molecule has 1 aromatic heterocycles. The number of anilines is 1. The Morgan fingerprint density at radius 3 is 2.54 bits per heavy atom. The normalized spacial score (nSPS) is 14.6. The molecule has 1 aliphatic heterocycles. The molecule has 0 saturated carbocycles. The number of benzene rings is 2. The smallest absolute Gasteiger partial charge is 0.338 e. The highest BCUT2D eigenvalue weighted by atomic mass is 16.5. The van der Waals surface area contributed by atoms with Crippen molar-refractivity contribution in [3.05, 3.63) is 59.7 Å². The summed E-state index contributed by atoms with van der Waals surface area (Å²) in [5.41, 5.74) is 4.34. The molecule has 0 radical (unpaired) electrons. The standard InChI is InChI=1S/C21H20N2O3/c1-14-7-8-17-16(13-14)18(21(24)25)20(23-9-11-26-12-10-23)19(22-17)15-5-3-2-4-6-15/h2-8,13H,9-12H2,1H3,(H,24,25). The van der Waals surface area contributed by atoms with Gasteiger partial charge < -0.3 is 14.7 Å². The molecule has 1 fully saturated rings. The van der Waals surface area contributed by atoms with E-state index >= 15 is 0 Å². The van der Waals surface area contributed by atoms with Crippen molar-refractivity contribution in [1.29, 1.82) is 0 Å². The van der Waals surface area contributed by atoms with Crippen molar-refractivity contribution < 1.29 is 14.6 Å². The van der Waals surface area contributed by atoms with Gasteiger partial charge in [-0.05, 0) is 19.1 Å². The van der Waals surface area contributed by atoms with Crippen LogP contribution in [0.1, 0.15) is 15.9 Å². The monoisotopic (exact) mass is 348 g/mol. The van der Waals surface area contributed by atoms with E-state index in [4.69, 9.17) is 9.72 Å². The van der Waals surface area contributed by atoms with Crippen LogP contribution in [0, 0.1) is 6.92 Å². The third-order valence-electron chi connectivity index (χ3n) is 4.70. The zero-order valence-electron chi connectivity index (χ0n) is 14.6. The number of nitrogens with zero attached hydrogens (tertiary/aromatic N) is 2. The van der Waals surface area contributed by atoms with Crippen molar-refractivity contribution in [3.8, 4) is 11.3 Å². The van der Waals surface area contributed by atoms with Gasteiger partial charge in [-0.1, -0.05) is 42.0 Å². The highest BCUT2D eigenvalue weighted by Gasteiger charge is 2.26. The summed E-state index contributed by atoms with van der Waals surface area (Å²) in [5.74, 6) is -0.929. The van der Waals surface area contributed by atoms with Crippen LogP contribution in [0.3, 0.4) is 0 Å². The van der Waals surface area contributed by atoms with Gasteiger partial charge in [-0.25, -0.2) is 9.78 Å². The van der Waals surface area contributed by atoms with E-state index in [1.54, 1.807) is 0 Å². The fourth-order valence-corrected chi connectivity index (χ4v) is 3.48. The number of carboxylic acid groups (broad SMARTS) is 1. The lowest BCUT2D eigenvalue weighted by Crippen LogP contribution is -2.37. The van der Waals surface area contributed by atoms with Gasteiger partial charge >= 0.3 is 5.97 Å². The molecular formula is C21H20N2O3. The second-order valence-electron chi connectivity index (χ2n) is 6.48. The van der Waals surface area contributed by atoms with Gasteiger partial charge in [0.2, 0.25) is 0 Å². The lowest BCUT2D eigenvalue weighted by atomic mass is 9.98. The van der Waals surface area contributed by atoms with Crippen LogP contribution >= 0.6 is 0 Å². The molecule has 2 heterocycles. The van der Waals surface area contributed by atoms with E-state index in [0.717, 1.165) is 11.1 Å². The molecule has 1 saturated heterocycles. The Kier molecular flexibility index (Phi) is 4.31. The minimum atomic E-state index is -0.929. The Morgan fingerprint density at radius 2 is 1.85 bits per heavy atom. The number of carbonyl (C=O) groups is 1. The van der Waals surface area contributed by atoms with Crippen LogP contribution in [0.5, 0.6) is 0 Å². The van der Waals surface area contributed by atoms with E-state index < -0.39 is 5.97 Å². The zero-order valence-corrected chi connectivity index (χ0v) is 14.6. The topological polar surface area (TPSA) is 62.7 Å². The van der Waals surface area contributed by atoms with Crippen LogP contribution in [0.15, 0.2) is 48.5 Å². The molecule has 132 valence electrons. The molecule has 0 aliphatic carbocycles. The molecule has 0 unspecified atom stereocenters. The molecule has 5 heteroatoms. The molecule has 3 aromatic rings. The van der Waals surface area contributed by atoms with Crippen molar-refractivity contribution in [1.82, 2.24) is 4.98 Å². The quantitative estimate of drug-likeness (QED) is 0.781. The van der Waals surface area contributed by atoms with E-state index in [1.807, 2.05) is 55.5 Å². The Bertz CT molecular complexity index is 964. The van der Waals surface area contributed by atoms with Gasteiger partial charge in [-0.3, -0.25) is 0 Å². The number of morpholine rings is 1. The summed E-state index contributed by atoms with van der Waals surface area (Å²) in [6, 6.07) is 15.5. The first kappa shape index (κ1) is 16.5. The molecule has 2 aromatic carbocycles. The number of hydrogen-bond acceptors (Lipinski definition) is 4. The first-order chi connectivity index (χ1) is 12.6. The Hall–Kier alpha value is -2.92. The van der Waals surface area contributed by atoms with Crippen molar-refractivity contribution in [3.63, 3.8) is 0 Å². The lowest BCUT2D eigenvalue weighted by Gasteiger charge is -2.32. The third kappa shape index (κ3) is 2.91. The van der Waals surface area contributed by atoms with Gasteiger partial charge in [0.15, 0.2) is 0 Å². The maximum atomic E-state index is 12.3. The first-order valence-corrected chi connectivity index (χ1v) is 8.71. The van der Waals surface area contributed by atoms with Crippen LogP contribution in [0.25, 0.3) is 22.2 Å². The maximum absolute atomic E-state index is 12.3. The van der Waals surface area contributed by atoms with Gasteiger partial charge in [0.1, 0.15) is 0 Å². The highest BCUT2D eigenvalue weighted by molar-refractivity contribution is 6.10. The number of hydrogen-bond donors (Lipinski definition) is 1. The lowest BCUT2D eigenvalue weighted by molar-refractivity contribution is 0.0698. The summed E-state index contributed by atoms with van der Waals surface area (Å²) >= 11 is 0. The molecule has 0 spiro atoms. The van der Waals surface area contributed by atoms with Crippen LogP contribution in [-0.2, 0) is 4.74 Å². The molecule has 5 nitrogen and oxygen atoms in total. The summed E-state index contributed by atoms with van der Waals surface area (Å²) in [5, 5.41) is 10.8. The number of aromatic nitrogens is 1. The van der Waals surface area contributed by atoms with Crippen molar-refractivity contribution >= 4 is 22.6 Å². The number of ether oxygens (including phenoxy) is 1. The van der Waals surface area contributed by atoms with Crippen molar-refractivity contribution in [2.45, 2.75) is 6.92 Å². The molecule has 0 atom stereocenters. The van der Waals surface area contributed by atoms with Crippen molar-refractivity contribution in [2.24, 2.45) is 0 Å². The number of aromatic carboxylic acids is 1. The average molecular weight is 348 g/mol. The van der Waals surface area contributed by atoms with E-state index in [2.05, 4.69) is 4.90 Å². The second kappa shape index (κ2) is 6.77. The predicted octanol–water partition coefficient (Wildman–Crippen LogP) is 3.75. The minimum absolute atomic E-state index is 0.319. The van der Waals surface area contributed by atoms with E-state index in [9.17, 15) is 9.90 Å². The number of aryl methyl sites for hydroxylation is 1. The summed E-state index contributed by atoms with van der Waals surface area (Å²) in [6.07, 6.45) is 0.